The molecule has 0 unspecified atom stereocenters. The Hall–Kier alpha value is -3.66. The summed E-state index contributed by atoms with van der Waals surface area (Å²) in [5.41, 5.74) is 9.78. The van der Waals surface area contributed by atoms with Crippen molar-refractivity contribution in [3.63, 3.8) is 0 Å². The summed E-state index contributed by atoms with van der Waals surface area (Å²) in [6, 6.07) is 23.9. The van der Waals surface area contributed by atoms with Crippen LogP contribution < -0.4 is 0 Å². The second kappa shape index (κ2) is 12.3. The van der Waals surface area contributed by atoms with Gasteiger partial charge in [-0.05, 0) is 82.2 Å². The number of hydrogen-bond acceptors (Lipinski definition) is 3. The van der Waals surface area contributed by atoms with Crippen LogP contribution in [0.4, 0.5) is 4.39 Å². The molecule has 1 heterocycles. The number of benzene rings is 4. The van der Waals surface area contributed by atoms with Crippen LogP contribution in [0.2, 0.25) is 0 Å². The number of rotatable bonds is 2. The molecule has 1 N–H and O–H groups in total. The molecule has 4 aromatic carbocycles. The summed E-state index contributed by atoms with van der Waals surface area (Å²) in [4.78, 5) is 16.3. The topological polar surface area (TPSA) is 50.2 Å². The minimum Gasteiger partial charge on any atom is -0.512 e. The van der Waals surface area contributed by atoms with E-state index in [-0.39, 0.29) is 42.9 Å². The Morgan fingerprint density at radius 1 is 0.800 bits per heavy atom. The number of allylic oxidation sites excluding steroid dienone is 2. The van der Waals surface area contributed by atoms with Crippen molar-refractivity contribution >= 4 is 27.3 Å². The SMILES string of the molecule is CC(C)(C)C(=O)/C=C(\O)C(C)(C)C.Fc1ccc2ccc3c(-c4[c-]c5c6c(c4)CCc4cccc(c4-6)CC5)nccc3c2c1.[Ir]. The summed E-state index contributed by atoms with van der Waals surface area (Å²) in [6.45, 7) is 11.1. The van der Waals surface area contributed by atoms with Crippen molar-refractivity contribution < 1.29 is 34.4 Å². The molecule has 0 saturated carbocycles. The summed E-state index contributed by atoms with van der Waals surface area (Å²) in [7, 11) is 0. The van der Waals surface area contributed by atoms with E-state index in [1.54, 1.807) is 6.07 Å². The van der Waals surface area contributed by atoms with E-state index in [1.165, 1.54) is 45.5 Å². The molecule has 0 saturated heterocycles. The molecule has 2 aliphatic rings. The number of nitrogens with zero attached hydrogens (tertiary/aromatic N) is 1. The summed E-state index contributed by atoms with van der Waals surface area (Å²) in [5, 5.41) is 13.6. The van der Waals surface area contributed by atoms with Gasteiger partial charge < -0.3 is 10.1 Å². The van der Waals surface area contributed by atoms with E-state index in [2.05, 4.69) is 42.5 Å². The van der Waals surface area contributed by atoms with Crippen molar-refractivity contribution in [2.24, 2.45) is 10.8 Å². The Morgan fingerprint density at radius 3 is 2.16 bits per heavy atom. The maximum atomic E-state index is 14.0. The van der Waals surface area contributed by atoms with Crippen LogP contribution in [0.25, 0.3) is 43.9 Å². The van der Waals surface area contributed by atoms with Crippen molar-refractivity contribution in [3.8, 4) is 22.4 Å². The van der Waals surface area contributed by atoms with E-state index in [1.807, 2.05) is 59.9 Å². The average Bonchev–Trinajstić information content (AvgIpc) is 2.98. The minimum absolute atomic E-state index is 0. The molecule has 0 amide bonds. The third kappa shape index (κ3) is 6.39. The summed E-state index contributed by atoms with van der Waals surface area (Å²) in [5.74, 6) is -0.107. The van der Waals surface area contributed by atoms with E-state index in [0.717, 1.165) is 58.5 Å². The van der Waals surface area contributed by atoms with Gasteiger partial charge in [-0.25, -0.2) is 4.39 Å². The van der Waals surface area contributed by atoms with Gasteiger partial charge in [-0.2, -0.15) is 0 Å². The molecule has 0 spiro atoms. The van der Waals surface area contributed by atoms with Crippen LogP contribution in [0.1, 0.15) is 63.8 Å². The van der Waals surface area contributed by atoms with Crippen LogP contribution in [0.3, 0.4) is 0 Å². The van der Waals surface area contributed by atoms with E-state index in [0.29, 0.717) is 0 Å². The number of fused-ring (bicyclic) bond motifs is 3. The zero-order valence-electron chi connectivity index (χ0n) is 26.8. The zero-order valence-corrected chi connectivity index (χ0v) is 29.2. The Labute approximate surface area is 279 Å². The number of aryl methyl sites for hydroxylation is 4. The van der Waals surface area contributed by atoms with Gasteiger partial charge >= 0.3 is 0 Å². The zero-order chi connectivity index (χ0) is 31.4. The number of carbonyl (C=O) groups excluding carboxylic acids is 1. The van der Waals surface area contributed by atoms with Crippen LogP contribution in [0.5, 0.6) is 0 Å². The van der Waals surface area contributed by atoms with Crippen LogP contribution >= 0.6 is 0 Å². The molecule has 7 rings (SSSR count). The van der Waals surface area contributed by atoms with E-state index in [9.17, 15) is 14.3 Å². The number of hydrogen-bond donors (Lipinski definition) is 1. The van der Waals surface area contributed by atoms with E-state index in [4.69, 9.17) is 4.98 Å². The third-order valence-corrected chi connectivity index (χ3v) is 8.78. The van der Waals surface area contributed by atoms with E-state index < -0.39 is 5.41 Å². The van der Waals surface area contributed by atoms with Crippen LogP contribution in [-0.2, 0) is 50.6 Å². The number of carbonyl (C=O) groups is 1. The predicted molar refractivity (Wildman–Crippen MR) is 178 cm³/mol. The number of ketones is 1. The van der Waals surface area contributed by atoms with E-state index >= 15 is 0 Å². The smallest absolute Gasteiger partial charge is 0.164 e. The molecule has 45 heavy (non-hydrogen) atoms. The molecule has 1 radical (unpaired) electrons. The Bertz CT molecular complexity index is 1930. The number of aromatic nitrogens is 1. The fourth-order valence-corrected chi connectivity index (χ4v) is 6.17. The van der Waals surface area contributed by atoms with Gasteiger partial charge in [-0.3, -0.25) is 4.79 Å². The quantitative estimate of drug-likeness (QED) is 0.0841. The van der Waals surface area contributed by atoms with Crippen LogP contribution in [-0.4, -0.2) is 15.9 Å². The molecule has 233 valence electrons. The van der Waals surface area contributed by atoms with Gasteiger partial charge in [0, 0.05) is 43.2 Å². The molecular formula is C40H39FIrNO2-. The fourth-order valence-electron chi connectivity index (χ4n) is 6.17. The first-order valence-electron chi connectivity index (χ1n) is 15.4. The van der Waals surface area contributed by atoms with Gasteiger partial charge in [0.25, 0.3) is 0 Å². The third-order valence-electron chi connectivity index (χ3n) is 8.78. The molecule has 0 fully saturated rings. The number of pyridine rings is 1. The van der Waals surface area contributed by atoms with Crippen molar-refractivity contribution in [3.05, 3.63) is 113 Å². The average molecular weight is 777 g/mol. The standard InChI is InChI=1S/C29H19FN.C11H20O2.Ir/c30-23-10-8-17-9-11-25-24(26(17)16-23)12-13-31-29(25)22-14-20-6-4-18-2-1-3-19-5-7-21(15-22)28(20)27(18)19;1-10(2,3)8(12)7-9(13)11(4,5)6;/h1-3,8-14,16H,4-7H2;7,12H,1-6H3;/q-1;;/b;8-7-;. The Kier molecular flexibility index (Phi) is 8.92. The monoisotopic (exact) mass is 777 g/mol. The van der Waals surface area contributed by atoms with Gasteiger partial charge in [0.1, 0.15) is 11.6 Å². The molecule has 2 aliphatic carbocycles. The van der Waals surface area contributed by atoms with Gasteiger partial charge in [0.05, 0.1) is 0 Å². The summed E-state index contributed by atoms with van der Waals surface area (Å²) < 4.78 is 14.0. The summed E-state index contributed by atoms with van der Waals surface area (Å²) >= 11 is 0. The first kappa shape index (κ1) is 32.7. The van der Waals surface area contributed by atoms with Crippen molar-refractivity contribution in [1.82, 2.24) is 4.98 Å². The minimum atomic E-state index is -0.417. The van der Waals surface area contributed by atoms with Crippen molar-refractivity contribution in [2.45, 2.75) is 67.2 Å². The first-order chi connectivity index (χ1) is 20.8. The molecule has 5 heteroatoms. The number of aliphatic hydroxyl groups is 1. The maximum Gasteiger partial charge on any atom is 0.164 e. The van der Waals surface area contributed by atoms with Gasteiger partial charge in [0.15, 0.2) is 5.78 Å². The van der Waals surface area contributed by atoms with Gasteiger partial charge in [-0.15, -0.1) is 28.8 Å². The number of aliphatic hydroxyl groups excluding tert-OH is 1. The molecule has 0 bridgehead atoms. The van der Waals surface area contributed by atoms with Gasteiger partial charge in [0.2, 0.25) is 0 Å². The molecule has 5 aromatic rings. The normalized spacial score (nSPS) is 13.9. The first-order valence-corrected chi connectivity index (χ1v) is 15.4. The molecule has 1 aromatic heterocycles. The Balaban J connectivity index is 0.000000246. The van der Waals surface area contributed by atoms with Crippen molar-refractivity contribution in [2.75, 3.05) is 0 Å². The second-order valence-corrected chi connectivity index (χ2v) is 14.1. The second-order valence-electron chi connectivity index (χ2n) is 14.1. The Morgan fingerprint density at radius 2 is 1.47 bits per heavy atom. The van der Waals surface area contributed by atoms with Crippen LogP contribution in [0.15, 0.2) is 78.7 Å². The van der Waals surface area contributed by atoms with Crippen LogP contribution in [0, 0.1) is 22.7 Å². The molecule has 3 nitrogen and oxygen atoms in total. The number of halogens is 1. The summed E-state index contributed by atoms with van der Waals surface area (Å²) in [6.07, 6.45) is 7.41. The largest absolute Gasteiger partial charge is 0.512 e. The maximum absolute atomic E-state index is 14.0. The fraction of sp³-hybridized carbons (Fsp3) is 0.300. The molecule has 0 atom stereocenters. The molecule has 0 aliphatic heterocycles. The predicted octanol–water partition coefficient (Wildman–Crippen LogP) is 9.95. The molecular weight excluding hydrogens is 738 g/mol. The van der Waals surface area contributed by atoms with Crippen molar-refractivity contribution in [1.29, 1.82) is 0 Å². The van der Waals surface area contributed by atoms with Gasteiger partial charge in [-0.1, -0.05) is 89.1 Å².